The molecule has 0 saturated carbocycles. The second-order valence-corrected chi connectivity index (χ2v) is 19.5. The van der Waals surface area contributed by atoms with E-state index in [4.69, 9.17) is 14.4 Å². The highest BCUT2D eigenvalue weighted by atomic mass is 32.1. The van der Waals surface area contributed by atoms with Crippen molar-refractivity contribution in [2.75, 3.05) is 0 Å². The summed E-state index contributed by atoms with van der Waals surface area (Å²) in [5.41, 5.74) is 15.4. The molecule has 0 radical (unpaired) electrons. The summed E-state index contributed by atoms with van der Waals surface area (Å²) in [5.74, 6) is 0.669. The van der Waals surface area contributed by atoms with Gasteiger partial charge < -0.3 is 13.6 Å². The van der Waals surface area contributed by atoms with Crippen LogP contribution in [0.15, 0.2) is 211 Å². The van der Waals surface area contributed by atoms with E-state index in [1.165, 1.54) is 52.7 Å². The third kappa shape index (κ3) is 5.18. The van der Waals surface area contributed by atoms with Crippen LogP contribution >= 0.6 is 11.3 Å². The Morgan fingerprint density at radius 3 is 1.99 bits per heavy atom. The SMILES string of the molecule is c1ccc(-n2c3ccccc3c3cccc(-c4nc5c(c(-c6cccc7c6sc6ccccc67)n4)Cc4ccc6c7cc8ccccc8cc7n(c6c4)-c4c-5ccc5c4oc4ccccc45)c32)cc1. The maximum Gasteiger partial charge on any atom is 0.162 e. The van der Waals surface area contributed by atoms with E-state index in [0.717, 1.165) is 94.4 Å². The molecule has 69 heavy (non-hydrogen) atoms. The molecule has 0 spiro atoms. The van der Waals surface area contributed by atoms with Crippen LogP contribution in [0.4, 0.5) is 0 Å². The molecule has 0 atom stereocenters. The summed E-state index contributed by atoms with van der Waals surface area (Å²) in [6.45, 7) is 0. The topological polar surface area (TPSA) is 48.8 Å². The van der Waals surface area contributed by atoms with Crippen LogP contribution in [-0.4, -0.2) is 19.1 Å². The number of hydrogen-bond donors (Lipinski definition) is 0. The Hall–Kier alpha value is -8.84. The second-order valence-electron chi connectivity index (χ2n) is 18.4. The van der Waals surface area contributed by atoms with Crippen molar-refractivity contribution < 1.29 is 4.42 Å². The van der Waals surface area contributed by atoms with Crippen molar-refractivity contribution in [3.05, 3.63) is 217 Å². The number of fused-ring (bicyclic) bond motifs is 19. The van der Waals surface area contributed by atoms with Gasteiger partial charge in [0, 0.05) is 86.9 Å². The van der Waals surface area contributed by atoms with E-state index in [2.05, 4.69) is 215 Å². The molecule has 6 heterocycles. The van der Waals surface area contributed by atoms with Gasteiger partial charge in [-0.05, 0) is 83.1 Å². The highest BCUT2D eigenvalue weighted by Crippen LogP contribution is 2.49. The molecule has 1 aliphatic rings. The summed E-state index contributed by atoms with van der Waals surface area (Å²) in [6, 6.07) is 74.9. The van der Waals surface area contributed by atoms with Gasteiger partial charge in [0.2, 0.25) is 0 Å². The van der Waals surface area contributed by atoms with Gasteiger partial charge in [0.05, 0.1) is 39.1 Å². The van der Waals surface area contributed by atoms with Crippen molar-refractivity contribution in [2.45, 2.75) is 6.42 Å². The Labute approximate surface area is 398 Å². The Morgan fingerprint density at radius 1 is 0.435 bits per heavy atom. The summed E-state index contributed by atoms with van der Waals surface area (Å²) in [6.07, 6.45) is 0.623. The third-order valence-electron chi connectivity index (χ3n) is 14.7. The van der Waals surface area contributed by atoms with Crippen LogP contribution in [-0.2, 0) is 6.42 Å². The maximum atomic E-state index is 7.12. The van der Waals surface area contributed by atoms with E-state index >= 15 is 0 Å². The minimum Gasteiger partial charge on any atom is -0.454 e. The van der Waals surface area contributed by atoms with Gasteiger partial charge in [-0.15, -0.1) is 11.3 Å². The molecular formula is C63H36N4OS. The first kappa shape index (κ1) is 37.3. The van der Waals surface area contributed by atoms with Crippen LogP contribution in [0.3, 0.4) is 0 Å². The zero-order valence-corrected chi connectivity index (χ0v) is 37.8. The fourth-order valence-corrected chi connectivity index (χ4v) is 12.9. The van der Waals surface area contributed by atoms with E-state index in [1.54, 1.807) is 0 Å². The average molecular weight is 897 g/mol. The second kappa shape index (κ2) is 13.9. The normalized spacial score (nSPS) is 12.6. The maximum absolute atomic E-state index is 7.12. The van der Waals surface area contributed by atoms with E-state index < -0.39 is 0 Å². The predicted molar refractivity (Wildman–Crippen MR) is 287 cm³/mol. The quantitative estimate of drug-likeness (QED) is 0.178. The first-order valence-corrected chi connectivity index (χ1v) is 24.3. The van der Waals surface area contributed by atoms with Crippen LogP contribution in [0.1, 0.15) is 11.1 Å². The highest BCUT2D eigenvalue weighted by Gasteiger charge is 2.30. The number of thiophene rings is 1. The van der Waals surface area contributed by atoms with Crippen molar-refractivity contribution in [2.24, 2.45) is 0 Å². The van der Waals surface area contributed by atoms with Gasteiger partial charge in [0.15, 0.2) is 11.4 Å². The minimum atomic E-state index is 0.623. The third-order valence-corrected chi connectivity index (χ3v) is 15.9. The standard InChI is InChI=1S/C63H36N4OS/c1-2-16-39(17-3-1)66-52-25-9-6-18-40(52)44-21-12-24-49(59(44)66)63-64-57-47-31-30-45-42-19-7-10-26-55(42)68-61(45)60(47)67-53-33-36(28-29-41(53)50-34-37-14-4-5-15-38(37)35-54(50)67)32-51(57)58(65-63)48-23-13-22-46-43-20-8-11-27-56(43)69-62(46)48/h1-31,33-35H,32H2. The van der Waals surface area contributed by atoms with Gasteiger partial charge >= 0.3 is 0 Å². The minimum absolute atomic E-state index is 0.623. The van der Waals surface area contributed by atoms with Gasteiger partial charge in [-0.25, -0.2) is 9.97 Å². The van der Waals surface area contributed by atoms with E-state index in [-0.39, 0.29) is 0 Å². The molecular weight excluding hydrogens is 861 g/mol. The molecule has 2 bridgehead atoms. The van der Waals surface area contributed by atoms with Crippen LogP contribution in [0.25, 0.3) is 142 Å². The average Bonchev–Trinajstić information content (AvgIpc) is 4.16. The summed E-state index contributed by atoms with van der Waals surface area (Å²) in [7, 11) is 0. The molecule has 15 aromatic rings. The zero-order valence-electron chi connectivity index (χ0n) is 36.9. The molecule has 6 heteroatoms. The fourth-order valence-electron chi connectivity index (χ4n) is 11.7. The Bertz CT molecular complexity index is 4700. The lowest BCUT2D eigenvalue weighted by atomic mass is 9.92. The molecule has 0 fully saturated rings. The van der Waals surface area contributed by atoms with Crippen LogP contribution in [0.5, 0.6) is 0 Å². The van der Waals surface area contributed by atoms with E-state index in [9.17, 15) is 0 Å². The Kier molecular flexibility index (Phi) is 7.49. The summed E-state index contributed by atoms with van der Waals surface area (Å²) >= 11 is 1.84. The van der Waals surface area contributed by atoms with Crippen molar-refractivity contribution >= 4 is 108 Å². The number of rotatable bonds is 3. The van der Waals surface area contributed by atoms with Gasteiger partial charge in [0.25, 0.3) is 0 Å². The number of benzene rings is 10. The van der Waals surface area contributed by atoms with Gasteiger partial charge in [-0.2, -0.15) is 0 Å². The fraction of sp³-hybridized carbons (Fsp3) is 0.0159. The van der Waals surface area contributed by atoms with Crippen LogP contribution in [0.2, 0.25) is 0 Å². The van der Waals surface area contributed by atoms with Crippen LogP contribution in [0, 0.1) is 0 Å². The zero-order chi connectivity index (χ0) is 44.9. The Balaban J connectivity index is 1.10. The van der Waals surface area contributed by atoms with Crippen molar-refractivity contribution in [3.63, 3.8) is 0 Å². The number of para-hydroxylation sites is 4. The molecule has 0 saturated heterocycles. The molecule has 5 nitrogen and oxygen atoms in total. The number of nitrogens with zero attached hydrogens (tertiary/aromatic N) is 4. The van der Waals surface area contributed by atoms with Gasteiger partial charge in [-0.1, -0.05) is 140 Å². The lowest BCUT2D eigenvalue weighted by Gasteiger charge is -2.20. The van der Waals surface area contributed by atoms with Gasteiger partial charge in [-0.3, -0.25) is 0 Å². The van der Waals surface area contributed by atoms with Crippen molar-refractivity contribution in [1.29, 1.82) is 0 Å². The van der Waals surface area contributed by atoms with Crippen molar-refractivity contribution in [3.8, 4) is 45.3 Å². The van der Waals surface area contributed by atoms with Crippen LogP contribution < -0.4 is 0 Å². The molecule has 16 rings (SSSR count). The first-order chi connectivity index (χ1) is 34.2. The summed E-state index contributed by atoms with van der Waals surface area (Å²) in [5, 5.41) is 11.8. The van der Waals surface area contributed by atoms with Gasteiger partial charge in [0.1, 0.15) is 5.58 Å². The molecule has 0 N–H and O–H groups in total. The smallest absolute Gasteiger partial charge is 0.162 e. The molecule has 10 aromatic carbocycles. The molecule has 0 aliphatic carbocycles. The summed E-state index contributed by atoms with van der Waals surface area (Å²) in [4.78, 5) is 11.8. The first-order valence-electron chi connectivity index (χ1n) is 23.5. The molecule has 0 amide bonds. The lowest BCUT2D eigenvalue weighted by molar-refractivity contribution is 0.666. The summed E-state index contributed by atoms with van der Waals surface area (Å²) < 4.78 is 14.5. The largest absolute Gasteiger partial charge is 0.454 e. The number of hydrogen-bond acceptors (Lipinski definition) is 4. The lowest BCUT2D eigenvalue weighted by Crippen LogP contribution is -2.06. The molecule has 320 valence electrons. The Morgan fingerprint density at radius 2 is 1.10 bits per heavy atom. The van der Waals surface area contributed by atoms with Crippen molar-refractivity contribution in [1.82, 2.24) is 19.1 Å². The monoisotopic (exact) mass is 896 g/mol. The highest BCUT2D eigenvalue weighted by molar-refractivity contribution is 7.26. The number of furan rings is 1. The molecule has 5 aromatic heterocycles. The number of aromatic nitrogens is 4. The molecule has 0 unspecified atom stereocenters. The predicted octanol–water partition coefficient (Wildman–Crippen LogP) is 17.0. The van der Waals surface area contributed by atoms with E-state index in [1.807, 2.05) is 11.3 Å². The van der Waals surface area contributed by atoms with E-state index in [0.29, 0.717) is 12.2 Å². The molecule has 1 aliphatic heterocycles.